The second-order valence-corrected chi connectivity index (χ2v) is 3.82. The van der Waals surface area contributed by atoms with E-state index in [2.05, 4.69) is 16.0 Å². The molecule has 0 radical (unpaired) electrons. The SMILES string of the molecule is CCCNC(=O)Nc1cccc(C(=O)NCC)c1. The second-order valence-electron chi connectivity index (χ2n) is 3.82. The van der Waals surface area contributed by atoms with Gasteiger partial charge in [0.25, 0.3) is 5.91 Å². The Bertz CT molecular complexity index is 418. The minimum absolute atomic E-state index is 0.143. The summed E-state index contributed by atoms with van der Waals surface area (Å²) in [4.78, 5) is 23.1. The van der Waals surface area contributed by atoms with Crippen LogP contribution >= 0.6 is 0 Å². The van der Waals surface area contributed by atoms with Crippen LogP contribution < -0.4 is 16.0 Å². The average Bonchev–Trinajstić information content (AvgIpc) is 2.37. The van der Waals surface area contributed by atoms with Crippen molar-refractivity contribution >= 4 is 17.6 Å². The van der Waals surface area contributed by atoms with E-state index in [0.717, 1.165) is 6.42 Å². The monoisotopic (exact) mass is 249 g/mol. The van der Waals surface area contributed by atoms with E-state index in [1.165, 1.54) is 0 Å². The molecule has 1 rings (SSSR count). The van der Waals surface area contributed by atoms with E-state index in [1.807, 2.05) is 13.8 Å². The molecule has 0 aliphatic carbocycles. The lowest BCUT2D eigenvalue weighted by atomic mass is 10.2. The summed E-state index contributed by atoms with van der Waals surface area (Å²) in [6.07, 6.45) is 0.881. The number of hydrogen-bond donors (Lipinski definition) is 3. The Kier molecular flexibility index (Phi) is 5.70. The van der Waals surface area contributed by atoms with Crippen LogP contribution in [0.2, 0.25) is 0 Å². The van der Waals surface area contributed by atoms with Crippen molar-refractivity contribution in [2.75, 3.05) is 18.4 Å². The molecule has 0 fully saturated rings. The van der Waals surface area contributed by atoms with Crippen molar-refractivity contribution in [2.45, 2.75) is 20.3 Å². The molecule has 5 heteroatoms. The second kappa shape index (κ2) is 7.32. The van der Waals surface area contributed by atoms with E-state index >= 15 is 0 Å². The fourth-order valence-electron chi connectivity index (χ4n) is 1.41. The number of rotatable bonds is 5. The Morgan fingerprint density at radius 1 is 1.17 bits per heavy atom. The van der Waals surface area contributed by atoms with Crippen LogP contribution in [0.5, 0.6) is 0 Å². The molecule has 0 saturated heterocycles. The molecule has 0 spiro atoms. The Labute approximate surface area is 107 Å². The fourth-order valence-corrected chi connectivity index (χ4v) is 1.41. The highest BCUT2D eigenvalue weighted by Gasteiger charge is 2.06. The van der Waals surface area contributed by atoms with Gasteiger partial charge in [-0.2, -0.15) is 0 Å². The molecule has 3 N–H and O–H groups in total. The maximum absolute atomic E-state index is 11.6. The van der Waals surface area contributed by atoms with Crippen LogP contribution in [0.25, 0.3) is 0 Å². The molecule has 0 aromatic heterocycles. The lowest BCUT2D eigenvalue weighted by Gasteiger charge is -2.08. The quantitative estimate of drug-likeness (QED) is 0.746. The van der Waals surface area contributed by atoms with Crippen LogP contribution in [0.4, 0.5) is 10.5 Å². The molecule has 1 aromatic carbocycles. The molecule has 1 aromatic rings. The van der Waals surface area contributed by atoms with Gasteiger partial charge in [0.05, 0.1) is 0 Å². The van der Waals surface area contributed by atoms with E-state index in [0.29, 0.717) is 24.3 Å². The first-order valence-corrected chi connectivity index (χ1v) is 6.10. The molecule has 0 atom stereocenters. The Morgan fingerprint density at radius 3 is 2.61 bits per heavy atom. The van der Waals surface area contributed by atoms with Crippen LogP contribution in [-0.4, -0.2) is 25.0 Å². The number of carbonyl (C=O) groups excluding carboxylic acids is 2. The van der Waals surface area contributed by atoms with Gasteiger partial charge < -0.3 is 16.0 Å². The molecule has 5 nitrogen and oxygen atoms in total. The smallest absolute Gasteiger partial charge is 0.319 e. The zero-order chi connectivity index (χ0) is 13.4. The zero-order valence-corrected chi connectivity index (χ0v) is 10.7. The van der Waals surface area contributed by atoms with Crippen molar-refractivity contribution in [2.24, 2.45) is 0 Å². The molecule has 18 heavy (non-hydrogen) atoms. The number of urea groups is 1. The zero-order valence-electron chi connectivity index (χ0n) is 10.7. The van der Waals surface area contributed by atoms with E-state index in [-0.39, 0.29) is 11.9 Å². The molecule has 0 bridgehead atoms. The maximum Gasteiger partial charge on any atom is 0.319 e. The van der Waals surface area contributed by atoms with E-state index < -0.39 is 0 Å². The molecule has 0 heterocycles. The average molecular weight is 249 g/mol. The third kappa shape index (κ3) is 4.45. The molecule has 3 amide bonds. The molecule has 0 unspecified atom stereocenters. The van der Waals surface area contributed by atoms with Gasteiger partial charge in [0.1, 0.15) is 0 Å². The minimum atomic E-state index is -0.259. The van der Waals surface area contributed by atoms with Crippen LogP contribution in [0.1, 0.15) is 30.6 Å². The van der Waals surface area contributed by atoms with Crippen molar-refractivity contribution in [3.63, 3.8) is 0 Å². The van der Waals surface area contributed by atoms with Crippen LogP contribution in [0.15, 0.2) is 24.3 Å². The Hall–Kier alpha value is -2.04. The summed E-state index contributed by atoms with van der Waals surface area (Å²) in [6, 6.07) is 6.58. The van der Waals surface area contributed by atoms with Gasteiger partial charge in [-0.1, -0.05) is 13.0 Å². The molecule has 0 saturated carbocycles. The normalized spacial score (nSPS) is 9.67. The third-order valence-electron chi connectivity index (χ3n) is 2.26. The third-order valence-corrected chi connectivity index (χ3v) is 2.26. The van der Waals surface area contributed by atoms with Gasteiger partial charge in [0.15, 0.2) is 0 Å². The van der Waals surface area contributed by atoms with Gasteiger partial charge in [0, 0.05) is 24.3 Å². The van der Waals surface area contributed by atoms with Gasteiger partial charge >= 0.3 is 6.03 Å². The van der Waals surface area contributed by atoms with Gasteiger partial charge in [0.2, 0.25) is 0 Å². The Morgan fingerprint density at radius 2 is 1.94 bits per heavy atom. The highest BCUT2D eigenvalue weighted by Crippen LogP contribution is 2.10. The van der Waals surface area contributed by atoms with Gasteiger partial charge in [-0.25, -0.2) is 4.79 Å². The summed E-state index contributed by atoms with van der Waals surface area (Å²) in [6.45, 7) is 5.05. The summed E-state index contributed by atoms with van der Waals surface area (Å²) in [5, 5.41) is 8.10. The maximum atomic E-state index is 11.6. The summed E-state index contributed by atoms with van der Waals surface area (Å²) < 4.78 is 0. The van der Waals surface area contributed by atoms with Gasteiger partial charge in [-0.3, -0.25) is 4.79 Å². The van der Waals surface area contributed by atoms with E-state index in [4.69, 9.17) is 0 Å². The van der Waals surface area contributed by atoms with E-state index in [9.17, 15) is 9.59 Å². The molecule has 0 aliphatic rings. The van der Waals surface area contributed by atoms with Crippen LogP contribution in [0.3, 0.4) is 0 Å². The number of nitrogens with one attached hydrogen (secondary N) is 3. The number of anilines is 1. The lowest BCUT2D eigenvalue weighted by molar-refractivity contribution is 0.0956. The molecule has 98 valence electrons. The van der Waals surface area contributed by atoms with Crippen molar-refractivity contribution in [1.82, 2.24) is 10.6 Å². The van der Waals surface area contributed by atoms with Gasteiger partial charge in [-0.05, 0) is 31.5 Å². The first kappa shape index (κ1) is 14.0. The standard InChI is InChI=1S/C13H19N3O2/c1-3-8-15-13(18)16-11-7-5-6-10(9-11)12(17)14-4-2/h5-7,9H,3-4,8H2,1-2H3,(H,14,17)(H2,15,16,18). The number of carbonyl (C=O) groups is 2. The van der Waals surface area contributed by atoms with Crippen molar-refractivity contribution < 1.29 is 9.59 Å². The fraction of sp³-hybridized carbons (Fsp3) is 0.385. The first-order chi connectivity index (χ1) is 8.67. The first-order valence-electron chi connectivity index (χ1n) is 6.10. The van der Waals surface area contributed by atoms with Gasteiger partial charge in [-0.15, -0.1) is 0 Å². The number of amides is 3. The molecule has 0 aliphatic heterocycles. The summed E-state index contributed by atoms with van der Waals surface area (Å²) in [5.74, 6) is -0.143. The van der Waals surface area contributed by atoms with Crippen LogP contribution in [0, 0.1) is 0 Å². The highest BCUT2D eigenvalue weighted by molar-refractivity contribution is 5.96. The number of benzene rings is 1. The lowest BCUT2D eigenvalue weighted by Crippen LogP contribution is -2.29. The van der Waals surface area contributed by atoms with Crippen molar-refractivity contribution in [3.05, 3.63) is 29.8 Å². The Balaban J connectivity index is 2.64. The highest BCUT2D eigenvalue weighted by atomic mass is 16.2. The topological polar surface area (TPSA) is 70.2 Å². The molecular formula is C13H19N3O2. The minimum Gasteiger partial charge on any atom is -0.352 e. The van der Waals surface area contributed by atoms with Crippen molar-refractivity contribution in [1.29, 1.82) is 0 Å². The summed E-state index contributed by atoms with van der Waals surface area (Å²) in [7, 11) is 0. The largest absolute Gasteiger partial charge is 0.352 e. The number of hydrogen-bond acceptors (Lipinski definition) is 2. The predicted octanol–water partition coefficient (Wildman–Crippen LogP) is 1.97. The summed E-state index contributed by atoms with van der Waals surface area (Å²) >= 11 is 0. The summed E-state index contributed by atoms with van der Waals surface area (Å²) in [5.41, 5.74) is 1.14. The van der Waals surface area contributed by atoms with E-state index in [1.54, 1.807) is 24.3 Å². The molecular weight excluding hydrogens is 230 g/mol. The predicted molar refractivity (Wildman–Crippen MR) is 71.8 cm³/mol. The van der Waals surface area contributed by atoms with Crippen LogP contribution in [-0.2, 0) is 0 Å². The van der Waals surface area contributed by atoms with Crippen molar-refractivity contribution in [3.8, 4) is 0 Å².